The Bertz CT molecular complexity index is 580. The van der Waals surface area contributed by atoms with Gasteiger partial charge in [0.25, 0.3) is 0 Å². The zero-order chi connectivity index (χ0) is 13.5. The summed E-state index contributed by atoms with van der Waals surface area (Å²) < 4.78 is 7.84. The number of hydrogen-bond acceptors (Lipinski definition) is 2. The third kappa shape index (κ3) is 5.03. The molecule has 0 atom stereocenters. The van der Waals surface area contributed by atoms with E-state index in [0.29, 0.717) is 6.54 Å². The van der Waals surface area contributed by atoms with Gasteiger partial charge in [0.05, 0.1) is 13.7 Å². The fourth-order valence-electron chi connectivity index (χ4n) is 1.53. The molecule has 2 aromatic carbocycles. The molecule has 0 aliphatic carbocycles. The van der Waals surface area contributed by atoms with Crippen molar-refractivity contribution in [3.8, 4) is 5.75 Å². The molecule has 0 saturated heterocycles. The van der Waals surface area contributed by atoms with Crippen LogP contribution in [0.1, 0.15) is 5.56 Å². The monoisotopic (exact) mass is 445 g/mol. The molecule has 104 valence electrons. The molecular formula is C14H13BrIN3O. The van der Waals surface area contributed by atoms with Crippen LogP contribution in [0.15, 0.2) is 53.6 Å². The van der Waals surface area contributed by atoms with Crippen LogP contribution < -0.4 is 42.9 Å². The summed E-state index contributed by atoms with van der Waals surface area (Å²) in [6.45, 7) is 0.414. The Balaban J connectivity index is 0.00000200. The molecular weight excluding hydrogens is 433 g/mol. The van der Waals surface area contributed by atoms with E-state index < -0.39 is 0 Å². The van der Waals surface area contributed by atoms with E-state index in [-0.39, 0.29) is 38.2 Å². The summed E-state index contributed by atoms with van der Waals surface area (Å²) in [5.41, 5.74) is 9.32. The lowest BCUT2D eigenvalue weighted by Crippen LogP contribution is -3.61. The van der Waals surface area contributed by atoms with Crippen LogP contribution in [0.5, 0.6) is 5.75 Å². The number of benzene rings is 2. The lowest BCUT2D eigenvalue weighted by Gasteiger charge is -1.96. The zero-order valence-electron chi connectivity index (χ0n) is 10.8. The number of nitrogens with zero attached hydrogens (tertiary/aromatic N) is 3. The second kappa shape index (κ2) is 8.84. The Hall–Kier alpha value is -1.24. The highest BCUT2D eigenvalue weighted by Gasteiger charge is 2.14. The molecule has 2 aromatic rings. The van der Waals surface area contributed by atoms with Crippen molar-refractivity contribution in [3.05, 3.63) is 71.7 Å². The van der Waals surface area contributed by atoms with E-state index in [1.165, 1.54) is 7.14 Å². The summed E-state index contributed by atoms with van der Waals surface area (Å²) >= 11 is -0.175. The first kappa shape index (κ1) is 16.8. The summed E-state index contributed by atoms with van der Waals surface area (Å²) in [6.07, 6.45) is 0. The van der Waals surface area contributed by atoms with E-state index in [1.54, 1.807) is 7.11 Å². The predicted octanol–water partition coefficient (Wildman–Crippen LogP) is -2.36. The highest BCUT2D eigenvalue weighted by Crippen LogP contribution is 2.06. The van der Waals surface area contributed by atoms with Crippen LogP contribution in [0, 0.1) is 7.14 Å². The lowest BCUT2D eigenvalue weighted by molar-refractivity contribution is -0.597. The molecule has 0 aliphatic rings. The Labute approximate surface area is 138 Å². The Morgan fingerprint density at radius 3 is 2.10 bits per heavy atom. The van der Waals surface area contributed by atoms with Crippen molar-refractivity contribution in [2.45, 2.75) is 6.54 Å². The third-order valence-corrected chi connectivity index (χ3v) is 5.18. The van der Waals surface area contributed by atoms with Crippen molar-refractivity contribution in [1.29, 1.82) is 0 Å². The molecule has 6 heteroatoms. The molecule has 0 bridgehead atoms. The van der Waals surface area contributed by atoms with Crippen LogP contribution in [0.25, 0.3) is 10.4 Å². The molecule has 2 rings (SSSR count). The van der Waals surface area contributed by atoms with Crippen LogP contribution >= 0.6 is 0 Å². The van der Waals surface area contributed by atoms with Gasteiger partial charge in [-0.15, -0.1) is 0 Å². The molecule has 0 N–H and O–H groups in total. The number of ether oxygens (including phenoxy) is 1. The van der Waals surface area contributed by atoms with Gasteiger partial charge in [0.1, 0.15) is 5.75 Å². The van der Waals surface area contributed by atoms with Gasteiger partial charge in [0, 0.05) is 4.91 Å². The van der Waals surface area contributed by atoms with Gasteiger partial charge in [-0.25, -0.2) is 0 Å². The molecule has 0 aliphatic heterocycles. The highest BCUT2D eigenvalue weighted by atomic mass is 127. The molecule has 0 saturated carbocycles. The summed E-state index contributed by atoms with van der Waals surface area (Å²) in [4.78, 5) is 2.76. The molecule has 20 heavy (non-hydrogen) atoms. The Morgan fingerprint density at radius 1 is 1.05 bits per heavy atom. The van der Waals surface area contributed by atoms with Gasteiger partial charge >= 0.3 is 21.2 Å². The van der Waals surface area contributed by atoms with E-state index >= 15 is 0 Å². The average Bonchev–Trinajstić information content (AvgIpc) is 2.47. The van der Waals surface area contributed by atoms with Gasteiger partial charge in [0.15, 0.2) is 7.14 Å². The van der Waals surface area contributed by atoms with Crippen LogP contribution in [0.2, 0.25) is 0 Å². The van der Waals surface area contributed by atoms with E-state index in [9.17, 15) is 0 Å². The normalized spacial score (nSPS) is 9.25. The molecule has 0 unspecified atom stereocenters. The standard InChI is InChI=1S/C14H13IN3O.BrH/c1-19-14-8-6-13(7-9-14)15-12-4-2-11(3-5-12)10-17-18-16;/h2-9H,10H2,1H3;1H/q+1;/p-1. The minimum absolute atomic E-state index is 0. The van der Waals surface area contributed by atoms with E-state index in [4.69, 9.17) is 10.3 Å². The second-order valence-corrected chi connectivity index (χ2v) is 6.80. The van der Waals surface area contributed by atoms with Crippen LogP contribution in [-0.2, 0) is 6.54 Å². The summed E-state index contributed by atoms with van der Waals surface area (Å²) in [5, 5.41) is 3.55. The molecule has 0 fully saturated rings. The maximum atomic E-state index is 8.27. The fourth-order valence-corrected chi connectivity index (χ4v) is 3.68. The van der Waals surface area contributed by atoms with Crippen molar-refractivity contribution < 1.29 is 42.9 Å². The number of rotatable bonds is 5. The second-order valence-electron chi connectivity index (χ2n) is 3.77. The van der Waals surface area contributed by atoms with Gasteiger partial charge in [-0.1, -0.05) is 17.2 Å². The Morgan fingerprint density at radius 2 is 1.60 bits per heavy atom. The quantitative estimate of drug-likeness (QED) is 0.220. The molecule has 0 spiro atoms. The fraction of sp³-hybridized carbons (Fsp3) is 0.143. The van der Waals surface area contributed by atoms with Gasteiger partial charge in [-0.05, 0) is 47.5 Å². The van der Waals surface area contributed by atoms with Gasteiger partial charge in [-0.3, -0.25) is 0 Å². The van der Waals surface area contributed by atoms with Crippen molar-refractivity contribution in [2.75, 3.05) is 7.11 Å². The number of halogens is 2. The largest absolute Gasteiger partial charge is 1.00 e. The molecule has 4 nitrogen and oxygen atoms in total. The van der Waals surface area contributed by atoms with E-state index in [1.807, 2.05) is 24.3 Å². The summed E-state index contributed by atoms with van der Waals surface area (Å²) in [7, 11) is 1.67. The third-order valence-electron chi connectivity index (χ3n) is 2.50. The van der Waals surface area contributed by atoms with E-state index in [2.05, 4.69) is 34.3 Å². The zero-order valence-corrected chi connectivity index (χ0v) is 14.6. The van der Waals surface area contributed by atoms with Crippen LogP contribution in [0.3, 0.4) is 0 Å². The minimum atomic E-state index is -0.175. The number of azide groups is 1. The maximum Gasteiger partial charge on any atom is 0.357 e. The average molecular weight is 446 g/mol. The van der Waals surface area contributed by atoms with Gasteiger partial charge < -0.3 is 21.7 Å². The molecule has 0 aromatic heterocycles. The highest BCUT2D eigenvalue weighted by molar-refractivity contribution is 5.20. The van der Waals surface area contributed by atoms with Gasteiger partial charge in [0.2, 0.25) is 0 Å². The van der Waals surface area contributed by atoms with Crippen molar-refractivity contribution in [1.82, 2.24) is 0 Å². The summed E-state index contributed by atoms with van der Waals surface area (Å²) in [5.74, 6) is 0.887. The van der Waals surface area contributed by atoms with Gasteiger partial charge in [-0.2, -0.15) is 0 Å². The molecule has 0 radical (unpaired) electrons. The van der Waals surface area contributed by atoms with Crippen LogP contribution in [-0.4, -0.2) is 7.11 Å². The minimum Gasteiger partial charge on any atom is -1.00 e. The summed E-state index contributed by atoms with van der Waals surface area (Å²) in [6, 6.07) is 16.5. The van der Waals surface area contributed by atoms with E-state index in [0.717, 1.165) is 11.3 Å². The topological polar surface area (TPSA) is 58.0 Å². The lowest BCUT2D eigenvalue weighted by atomic mass is 10.2. The predicted molar refractivity (Wildman–Crippen MR) is 69.7 cm³/mol. The van der Waals surface area contributed by atoms with Crippen molar-refractivity contribution in [2.24, 2.45) is 5.11 Å². The Kier molecular flexibility index (Phi) is 7.43. The number of methoxy groups -OCH3 is 1. The molecule has 0 heterocycles. The SMILES string of the molecule is COc1ccc([I+]c2ccc(CN=[N+]=[N-])cc2)cc1.[Br-]. The maximum absolute atomic E-state index is 8.27. The first-order valence-corrected chi connectivity index (χ1v) is 7.86. The number of hydrogen-bond donors (Lipinski definition) is 0. The smallest absolute Gasteiger partial charge is 0.357 e. The first-order valence-electron chi connectivity index (χ1n) is 5.70. The van der Waals surface area contributed by atoms with Crippen molar-refractivity contribution in [3.63, 3.8) is 0 Å². The van der Waals surface area contributed by atoms with Crippen molar-refractivity contribution >= 4 is 0 Å². The van der Waals surface area contributed by atoms with Crippen LogP contribution in [0.4, 0.5) is 0 Å². The first-order chi connectivity index (χ1) is 9.31. The molecule has 0 amide bonds.